The number of urea groups is 1. The topological polar surface area (TPSA) is 64.7 Å². The van der Waals surface area contributed by atoms with Crippen LogP contribution in [0.25, 0.3) is 0 Å². The van der Waals surface area contributed by atoms with Gasteiger partial charge < -0.3 is 20.4 Å². The van der Waals surface area contributed by atoms with Gasteiger partial charge in [0.15, 0.2) is 0 Å². The third-order valence-electron chi connectivity index (χ3n) is 4.98. The molecule has 2 N–H and O–H groups in total. The van der Waals surface area contributed by atoms with Gasteiger partial charge in [0.1, 0.15) is 0 Å². The van der Waals surface area contributed by atoms with Crippen molar-refractivity contribution in [1.82, 2.24) is 10.2 Å². The van der Waals surface area contributed by atoms with Crippen molar-refractivity contribution in [1.29, 1.82) is 0 Å². The summed E-state index contributed by atoms with van der Waals surface area (Å²) in [6.07, 6.45) is 0.481. The van der Waals surface area contributed by atoms with Gasteiger partial charge in [-0.2, -0.15) is 0 Å². The standard InChI is InChI=1S/C24H42N4O2/c1-16(2)13-22(29)25-20-11-12-21(27(9)10)19(14-20)15-28(18(5)17(3)4)23(30)26-24(6,7)8/h11-12,14,16-18H,13,15H2,1-10H3,(H,25,29)(H,26,30). The molecule has 0 aliphatic rings. The van der Waals surface area contributed by atoms with Crippen molar-refractivity contribution < 1.29 is 9.59 Å². The van der Waals surface area contributed by atoms with Crippen LogP contribution < -0.4 is 15.5 Å². The highest BCUT2D eigenvalue weighted by atomic mass is 16.2. The first-order valence-corrected chi connectivity index (χ1v) is 10.9. The zero-order valence-corrected chi connectivity index (χ0v) is 20.6. The molecule has 6 heteroatoms. The van der Waals surface area contributed by atoms with Gasteiger partial charge in [0.2, 0.25) is 5.91 Å². The second kappa shape index (κ2) is 10.7. The van der Waals surface area contributed by atoms with Gasteiger partial charge in [-0.3, -0.25) is 4.79 Å². The number of carbonyl (C=O) groups is 2. The molecule has 0 aliphatic heterocycles. The van der Waals surface area contributed by atoms with Gasteiger partial charge in [-0.05, 0) is 63.3 Å². The molecule has 30 heavy (non-hydrogen) atoms. The Bertz CT molecular complexity index is 720. The van der Waals surface area contributed by atoms with Crippen LogP contribution in [-0.4, -0.2) is 42.5 Å². The zero-order chi connectivity index (χ0) is 23.2. The minimum Gasteiger partial charge on any atom is -0.377 e. The molecule has 0 aliphatic carbocycles. The Morgan fingerprint density at radius 2 is 1.63 bits per heavy atom. The summed E-state index contributed by atoms with van der Waals surface area (Å²) in [5.74, 6) is 0.618. The van der Waals surface area contributed by atoms with E-state index in [4.69, 9.17) is 0 Å². The van der Waals surface area contributed by atoms with Crippen LogP contribution in [0, 0.1) is 11.8 Å². The van der Waals surface area contributed by atoms with Crippen molar-refractivity contribution >= 4 is 23.3 Å². The molecule has 0 saturated heterocycles. The first-order valence-electron chi connectivity index (χ1n) is 10.9. The maximum atomic E-state index is 13.1. The Balaban J connectivity index is 3.26. The summed E-state index contributed by atoms with van der Waals surface area (Å²) >= 11 is 0. The lowest BCUT2D eigenvalue weighted by atomic mass is 10.0. The van der Waals surface area contributed by atoms with Gasteiger partial charge in [-0.1, -0.05) is 27.7 Å². The van der Waals surface area contributed by atoms with E-state index in [1.807, 2.05) is 76.7 Å². The molecule has 0 aromatic heterocycles. The van der Waals surface area contributed by atoms with Crippen molar-refractivity contribution in [2.45, 2.75) is 79.9 Å². The molecule has 0 spiro atoms. The monoisotopic (exact) mass is 418 g/mol. The fraction of sp³-hybridized carbons (Fsp3) is 0.667. The Morgan fingerprint density at radius 1 is 1.03 bits per heavy atom. The van der Waals surface area contributed by atoms with Gasteiger partial charge in [-0.15, -0.1) is 0 Å². The Labute approximate surface area is 183 Å². The smallest absolute Gasteiger partial charge is 0.318 e. The average molecular weight is 419 g/mol. The van der Waals surface area contributed by atoms with E-state index in [-0.39, 0.29) is 23.5 Å². The molecular weight excluding hydrogens is 376 g/mol. The molecule has 3 amide bonds. The van der Waals surface area contributed by atoms with Crippen LogP contribution in [0.3, 0.4) is 0 Å². The second-order valence-corrected chi connectivity index (χ2v) is 10.2. The predicted molar refractivity (Wildman–Crippen MR) is 127 cm³/mol. The first-order chi connectivity index (χ1) is 13.7. The van der Waals surface area contributed by atoms with E-state index in [1.54, 1.807) is 0 Å². The molecule has 1 aromatic rings. The van der Waals surface area contributed by atoms with Crippen molar-refractivity contribution in [2.24, 2.45) is 11.8 Å². The molecule has 0 radical (unpaired) electrons. The van der Waals surface area contributed by atoms with Gasteiger partial charge in [0, 0.05) is 50.0 Å². The molecule has 6 nitrogen and oxygen atoms in total. The van der Waals surface area contributed by atoms with E-state index in [9.17, 15) is 9.59 Å². The molecule has 1 aromatic carbocycles. The molecule has 0 saturated carbocycles. The SMILES string of the molecule is CC(C)CC(=O)Nc1ccc(N(C)C)c(CN(C(=O)NC(C)(C)C)C(C)C(C)C)c1. The van der Waals surface area contributed by atoms with Crippen LogP contribution in [0.4, 0.5) is 16.2 Å². The fourth-order valence-electron chi connectivity index (χ4n) is 3.15. The Hall–Kier alpha value is -2.24. The van der Waals surface area contributed by atoms with E-state index in [0.717, 1.165) is 16.9 Å². The number of anilines is 2. The Morgan fingerprint density at radius 3 is 2.10 bits per heavy atom. The number of rotatable bonds is 8. The lowest BCUT2D eigenvalue weighted by Crippen LogP contribution is -2.52. The van der Waals surface area contributed by atoms with Gasteiger partial charge in [-0.25, -0.2) is 4.79 Å². The number of benzene rings is 1. The molecule has 1 rings (SSSR count). The minimum absolute atomic E-state index is 0.00596. The molecule has 1 atom stereocenters. The summed E-state index contributed by atoms with van der Waals surface area (Å²) in [7, 11) is 3.97. The number of hydrogen-bond donors (Lipinski definition) is 2. The molecule has 0 heterocycles. The second-order valence-electron chi connectivity index (χ2n) is 10.2. The van der Waals surface area contributed by atoms with E-state index in [1.165, 1.54) is 0 Å². The molecule has 0 fully saturated rings. The summed E-state index contributed by atoms with van der Waals surface area (Å²) in [5.41, 5.74) is 2.47. The summed E-state index contributed by atoms with van der Waals surface area (Å²) in [6.45, 7) is 16.8. The largest absolute Gasteiger partial charge is 0.377 e. The highest BCUT2D eigenvalue weighted by Crippen LogP contribution is 2.27. The third-order valence-corrected chi connectivity index (χ3v) is 4.98. The predicted octanol–water partition coefficient (Wildman–Crippen LogP) is 5.09. The molecule has 170 valence electrons. The van der Waals surface area contributed by atoms with Crippen molar-refractivity contribution in [3.63, 3.8) is 0 Å². The van der Waals surface area contributed by atoms with Crippen molar-refractivity contribution in [2.75, 3.05) is 24.3 Å². The quantitative estimate of drug-likeness (QED) is 0.618. The van der Waals surface area contributed by atoms with E-state index in [0.29, 0.717) is 24.8 Å². The van der Waals surface area contributed by atoms with Crippen LogP contribution in [0.2, 0.25) is 0 Å². The zero-order valence-electron chi connectivity index (χ0n) is 20.6. The van der Waals surface area contributed by atoms with E-state index in [2.05, 4.69) is 31.4 Å². The normalized spacial score (nSPS) is 12.7. The average Bonchev–Trinajstić information content (AvgIpc) is 2.56. The lowest BCUT2D eigenvalue weighted by molar-refractivity contribution is -0.116. The van der Waals surface area contributed by atoms with E-state index < -0.39 is 0 Å². The van der Waals surface area contributed by atoms with Crippen molar-refractivity contribution in [3.8, 4) is 0 Å². The van der Waals surface area contributed by atoms with Gasteiger partial charge >= 0.3 is 6.03 Å². The highest BCUT2D eigenvalue weighted by molar-refractivity contribution is 5.91. The van der Waals surface area contributed by atoms with Crippen LogP contribution >= 0.6 is 0 Å². The van der Waals surface area contributed by atoms with Crippen LogP contribution in [-0.2, 0) is 11.3 Å². The van der Waals surface area contributed by atoms with Crippen LogP contribution in [0.1, 0.15) is 67.4 Å². The summed E-state index contributed by atoms with van der Waals surface area (Å²) < 4.78 is 0. The van der Waals surface area contributed by atoms with Crippen LogP contribution in [0.15, 0.2) is 18.2 Å². The number of hydrogen-bond acceptors (Lipinski definition) is 3. The maximum Gasteiger partial charge on any atom is 0.318 e. The highest BCUT2D eigenvalue weighted by Gasteiger charge is 2.27. The number of nitrogens with zero attached hydrogens (tertiary/aromatic N) is 2. The summed E-state index contributed by atoms with van der Waals surface area (Å²) in [6, 6.07) is 5.88. The molecule has 1 unspecified atom stereocenters. The Kier molecular flexibility index (Phi) is 9.19. The van der Waals surface area contributed by atoms with E-state index >= 15 is 0 Å². The third kappa shape index (κ3) is 8.25. The lowest BCUT2D eigenvalue weighted by Gasteiger charge is -2.35. The first kappa shape index (κ1) is 25.8. The summed E-state index contributed by atoms with van der Waals surface area (Å²) in [5, 5.41) is 6.09. The van der Waals surface area contributed by atoms with Gasteiger partial charge in [0.25, 0.3) is 0 Å². The molecular formula is C24H42N4O2. The number of amides is 3. The number of carbonyl (C=O) groups excluding carboxylic acids is 2. The fourth-order valence-corrected chi connectivity index (χ4v) is 3.15. The summed E-state index contributed by atoms with van der Waals surface area (Å²) in [4.78, 5) is 29.3. The maximum absolute atomic E-state index is 13.1. The van der Waals surface area contributed by atoms with Gasteiger partial charge in [0.05, 0.1) is 0 Å². The van der Waals surface area contributed by atoms with Crippen molar-refractivity contribution in [3.05, 3.63) is 23.8 Å². The minimum atomic E-state index is -0.316. The number of nitrogens with one attached hydrogen (secondary N) is 2. The van der Waals surface area contributed by atoms with Crippen LogP contribution in [0.5, 0.6) is 0 Å². The molecule has 0 bridgehead atoms.